The number of hydrogen-bond donors (Lipinski definition) is 2. The van der Waals surface area contributed by atoms with Crippen molar-refractivity contribution < 1.29 is 9.53 Å². The molecule has 3 aromatic rings. The Bertz CT molecular complexity index is 881. The molecule has 0 bridgehead atoms. The Hall–Kier alpha value is -2.96. The van der Waals surface area contributed by atoms with E-state index in [-0.39, 0.29) is 17.8 Å². The number of carbonyl (C=O) groups excluding carboxylic acids is 1. The Morgan fingerprint density at radius 2 is 2.00 bits per heavy atom. The number of aromatic amines is 1. The second kappa shape index (κ2) is 6.27. The van der Waals surface area contributed by atoms with E-state index in [4.69, 9.17) is 4.74 Å². The molecule has 0 radical (unpaired) electrons. The molecule has 24 heavy (non-hydrogen) atoms. The zero-order valence-electron chi connectivity index (χ0n) is 14.0. The lowest BCUT2D eigenvalue weighted by Gasteiger charge is -2.08. The van der Waals surface area contributed by atoms with Crippen LogP contribution in [0.2, 0.25) is 0 Å². The Kier molecular flexibility index (Phi) is 4.16. The van der Waals surface area contributed by atoms with E-state index in [2.05, 4.69) is 25.3 Å². The van der Waals surface area contributed by atoms with Crippen molar-refractivity contribution in [2.45, 2.75) is 33.7 Å². The van der Waals surface area contributed by atoms with Crippen molar-refractivity contribution >= 4 is 17.1 Å². The molecule has 3 heterocycles. The number of pyridine rings is 1. The highest BCUT2D eigenvalue weighted by molar-refractivity contribution is 6.04. The Balaban J connectivity index is 1.94. The normalized spacial score (nSPS) is 11.0. The highest BCUT2D eigenvalue weighted by Crippen LogP contribution is 2.22. The summed E-state index contributed by atoms with van der Waals surface area (Å²) in [6.45, 7) is 7.67. The average Bonchev–Trinajstić information content (AvgIpc) is 2.88. The van der Waals surface area contributed by atoms with Crippen LogP contribution in [0.1, 0.15) is 35.5 Å². The molecule has 0 spiro atoms. The van der Waals surface area contributed by atoms with E-state index >= 15 is 0 Å². The number of nitrogens with zero attached hydrogens (tertiary/aromatic N) is 3. The minimum absolute atomic E-state index is 0.0364. The van der Waals surface area contributed by atoms with Gasteiger partial charge in [0.2, 0.25) is 11.8 Å². The van der Waals surface area contributed by atoms with Gasteiger partial charge in [0, 0.05) is 24.0 Å². The molecule has 7 heteroatoms. The van der Waals surface area contributed by atoms with Crippen LogP contribution in [0, 0.1) is 13.8 Å². The number of fused-ring (bicyclic) bond motifs is 1. The van der Waals surface area contributed by atoms with Gasteiger partial charge >= 0.3 is 0 Å². The maximum Gasteiger partial charge on any atom is 0.255 e. The number of H-pyrrole nitrogens is 1. The molecule has 0 aliphatic heterocycles. The lowest BCUT2D eigenvalue weighted by Crippen LogP contribution is -2.29. The summed E-state index contributed by atoms with van der Waals surface area (Å²) in [7, 11) is 0. The molecule has 0 fully saturated rings. The van der Waals surface area contributed by atoms with Gasteiger partial charge in [-0.05, 0) is 39.3 Å². The largest absolute Gasteiger partial charge is 0.419 e. The van der Waals surface area contributed by atoms with Crippen LogP contribution < -0.4 is 10.1 Å². The second-order valence-corrected chi connectivity index (χ2v) is 5.96. The van der Waals surface area contributed by atoms with Gasteiger partial charge in [0.15, 0.2) is 5.65 Å². The molecule has 0 saturated carbocycles. The number of carbonyl (C=O) groups is 1. The summed E-state index contributed by atoms with van der Waals surface area (Å²) in [5.74, 6) is 0.537. The summed E-state index contributed by atoms with van der Waals surface area (Å²) < 4.78 is 5.70. The molecule has 3 aromatic heterocycles. The summed E-state index contributed by atoms with van der Waals surface area (Å²) in [5, 5.41) is 2.84. The van der Waals surface area contributed by atoms with Crippen molar-refractivity contribution in [3.63, 3.8) is 0 Å². The number of nitrogens with one attached hydrogen (secondary N) is 2. The van der Waals surface area contributed by atoms with E-state index in [1.807, 2.05) is 39.8 Å². The maximum absolute atomic E-state index is 12.2. The van der Waals surface area contributed by atoms with E-state index in [9.17, 15) is 4.79 Å². The zero-order valence-corrected chi connectivity index (χ0v) is 14.0. The number of ether oxygens (including phenoxy) is 1. The van der Waals surface area contributed by atoms with Crippen molar-refractivity contribution in [3.8, 4) is 11.8 Å². The average molecular weight is 325 g/mol. The van der Waals surface area contributed by atoms with Crippen molar-refractivity contribution in [1.82, 2.24) is 25.3 Å². The van der Waals surface area contributed by atoms with Gasteiger partial charge in [-0.1, -0.05) is 0 Å². The smallest absolute Gasteiger partial charge is 0.255 e. The van der Waals surface area contributed by atoms with E-state index in [1.165, 1.54) is 6.20 Å². The standard InChI is InChI=1S/C17H19N5O2/c1-9(2)20-17(23)12-7-18-16-15(12)22-14(8-19-16)24-13-6-10(3)5-11(4)21-13/h5-9H,1-4H3,(H,18,19)(H,20,23). The Morgan fingerprint density at radius 1 is 1.21 bits per heavy atom. The zero-order chi connectivity index (χ0) is 17.3. The lowest BCUT2D eigenvalue weighted by atomic mass is 10.2. The summed E-state index contributed by atoms with van der Waals surface area (Å²) in [5.41, 5.74) is 3.34. The van der Waals surface area contributed by atoms with Gasteiger partial charge in [0.05, 0.1) is 11.8 Å². The van der Waals surface area contributed by atoms with Crippen molar-refractivity contribution in [2.24, 2.45) is 0 Å². The van der Waals surface area contributed by atoms with Crippen LogP contribution in [0.5, 0.6) is 11.8 Å². The van der Waals surface area contributed by atoms with E-state index in [0.29, 0.717) is 22.6 Å². The van der Waals surface area contributed by atoms with Gasteiger partial charge in [0.25, 0.3) is 5.91 Å². The second-order valence-electron chi connectivity index (χ2n) is 5.96. The molecule has 0 aromatic carbocycles. The molecule has 7 nitrogen and oxygen atoms in total. The van der Waals surface area contributed by atoms with Gasteiger partial charge in [0.1, 0.15) is 5.52 Å². The van der Waals surface area contributed by atoms with Crippen molar-refractivity contribution in [1.29, 1.82) is 0 Å². The first-order chi connectivity index (χ1) is 11.4. The molecule has 3 rings (SSSR count). The summed E-state index contributed by atoms with van der Waals surface area (Å²) in [6.07, 6.45) is 3.10. The topological polar surface area (TPSA) is 92.8 Å². The predicted octanol–water partition coefficient (Wildman–Crippen LogP) is 2.90. The third-order valence-corrected chi connectivity index (χ3v) is 3.31. The molecule has 0 saturated heterocycles. The number of aryl methyl sites for hydroxylation is 2. The number of amides is 1. The minimum Gasteiger partial charge on any atom is -0.419 e. The predicted molar refractivity (Wildman–Crippen MR) is 90.3 cm³/mol. The van der Waals surface area contributed by atoms with Gasteiger partial charge in [-0.15, -0.1) is 0 Å². The Morgan fingerprint density at radius 3 is 2.71 bits per heavy atom. The summed E-state index contributed by atoms with van der Waals surface area (Å²) in [6, 6.07) is 3.82. The van der Waals surface area contributed by atoms with Crippen molar-refractivity contribution in [3.05, 3.63) is 41.3 Å². The number of rotatable bonds is 4. The maximum atomic E-state index is 12.2. The fraction of sp³-hybridized carbons (Fsp3) is 0.294. The molecule has 0 aliphatic rings. The van der Waals surface area contributed by atoms with Gasteiger partial charge in [-0.3, -0.25) is 4.79 Å². The third-order valence-electron chi connectivity index (χ3n) is 3.31. The first kappa shape index (κ1) is 15.9. The fourth-order valence-electron chi connectivity index (χ4n) is 2.40. The highest BCUT2D eigenvalue weighted by Gasteiger charge is 2.16. The first-order valence-corrected chi connectivity index (χ1v) is 7.70. The van der Waals surface area contributed by atoms with Crippen LogP contribution in [-0.4, -0.2) is 31.9 Å². The fourth-order valence-corrected chi connectivity index (χ4v) is 2.40. The van der Waals surface area contributed by atoms with Gasteiger partial charge < -0.3 is 15.0 Å². The quantitative estimate of drug-likeness (QED) is 0.769. The van der Waals surface area contributed by atoms with Crippen LogP contribution in [0.15, 0.2) is 24.5 Å². The molecule has 124 valence electrons. The van der Waals surface area contributed by atoms with Crippen molar-refractivity contribution in [2.75, 3.05) is 0 Å². The molecule has 0 aliphatic carbocycles. The molecule has 2 N–H and O–H groups in total. The molecule has 0 atom stereocenters. The Labute approximate surface area is 139 Å². The SMILES string of the molecule is Cc1cc(C)nc(Oc2cnc3[nH]cc(C(=O)NC(C)C)c3n2)c1. The summed E-state index contributed by atoms with van der Waals surface area (Å²) in [4.78, 5) is 28.2. The third kappa shape index (κ3) is 3.34. The molecule has 0 unspecified atom stereocenters. The van der Waals surface area contributed by atoms with Crippen LogP contribution in [0.4, 0.5) is 0 Å². The van der Waals surface area contributed by atoms with Gasteiger partial charge in [-0.2, -0.15) is 0 Å². The summed E-state index contributed by atoms with van der Waals surface area (Å²) >= 11 is 0. The number of hydrogen-bond acceptors (Lipinski definition) is 5. The molecular weight excluding hydrogens is 306 g/mol. The monoisotopic (exact) mass is 325 g/mol. The highest BCUT2D eigenvalue weighted by atomic mass is 16.5. The number of aromatic nitrogens is 4. The molecule has 1 amide bonds. The minimum atomic E-state index is -0.202. The van der Waals surface area contributed by atoms with E-state index < -0.39 is 0 Å². The van der Waals surface area contributed by atoms with Crippen LogP contribution in [0.25, 0.3) is 11.2 Å². The van der Waals surface area contributed by atoms with Gasteiger partial charge in [-0.25, -0.2) is 15.0 Å². The lowest BCUT2D eigenvalue weighted by molar-refractivity contribution is 0.0944. The molecular formula is C17H19N5O2. The van der Waals surface area contributed by atoms with Crippen LogP contribution >= 0.6 is 0 Å². The van der Waals surface area contributed by atoms with Crippen LogP contribution in [0.3, 0.4) is 0 Å². The van der Waals surface area contributed by atoms with Crippen LogP contribution in [-0.2, 0) is 0 Å². The first-order valence-electron chi connectivity index (χ1n) is 7.70. The van der Waals surface area contributed by atoms with E-state index in [0.717, 1.165) is 11.3 Å². The van der Waals surface area contributed by atoms with E-state index in [1.54, 1.807) is 6.20 Å².